The van der Waals surface area contributed by atoms with Gasteiger partial charge in [0.05, 0.1) is 12.7 Å². The maximum absolute atomic E-state index is 9.28. The summed E-state index contributed by atoms with van der Waals surface area (Å²) in [5.41, 5.74) is 5.32. The zero-order chi connectivity index (χ0) is 11.5. The van der Waals surface area contributed by atoms with Crippen LogP contribution < -0.4 is 11.1 Å². The van der Waals surface area contributed by atoms with Crippen LogP contribution >= 0.6 is 0 Å². The molecular formula is C11H26N2O2. The fourth-order valence-corrected chi connectivity index (χ4v) is 1.18. The van der Waals surface area contributed by atoms with Crippen LogP contribution in [0.2, 0.25) is 0 Å². The summed E-state index contributed by atoms with van der Waals surface area (Å²) in [7, 11) is 0. The van der Waals surface area contributed by atoms with Crippen molar-refractivity contribution in [3.8, 4) is 0 Å². The van der Waals surface area contributed by atoms with Gasteiger partial charge in [0.2, 0.25) is 0 Å². The zero-order valence-electron chi connectivity index (χ0n) is 10.0. The van der Waals surface area contributed by atoms with Crippen molar-refractivity contribution in [1.29, 1.82) is 0 Å². The Hall–Kier alpha value is -0.160. The molecule has 0 aromatic heterocycles. The van der Waals surface area contributed by atoms with Gasteiger partial charge in [-0.3, -0.25) is 0 Å². The van der Waals surface area contributed by atoms with Gasteiger partial charge in [0.1, 0.15) is 0 Å². The fraction of sp³-hybridized carbons (Fsp3) is 1.00. The minimum absolute atomic E-state index is 0.306. The minimum atomic E-state index is -0.449. The second-order valence-electron chi connectivity index (χ2n) is 3.83. The summed E-state index contributed by atoms with van der Waals surface area (Å²) < 4.78 is 5.52. The Bertz CT molecular complexity index is 134. The van der Waals surface area contributed by atoms with Crippen molar-refractivity contribution in [2.75, 3.05) is 26.3 Å². The molecule has 0 fully saturated rings. The normalized spacial score (nSPS) is 15.2. The number of unbranched alkanes of at least 4 members (excludes halogenated alkanes) is 1. The van der Waals surface area contributed by atoms with Crippen LogP contribution in [-0.2, 0) is 4.74 Å². The molecule has 92 valence electrons. The number of aliphatic hydroxyl groups is 1. The first-order valence-corrected chi connectivity index (χ1v) is 5.93. The number of aliphatic hydroxyl groups excluding tert-OH is 1. The van der Waals surface area contributed by atoms with Crippen molar-refractivity contribution in [2.45, 2.75) is 45.3 Å². The molecule has 0 amide bonds. The Kier molecular flexibility index (Phi) is 10.3. The van der Waals surface area contributed by atoms with Crippen LogP contribution in [0.1, 0.15) is 33.1 Å². The molecule has 4 N–H and O–H groups in total. The van der Waals surface area contributed by atoms with Gasteiger partial charge in [-0.1, -0.05) is 20.3 Å². The molecule has 0 rings (SSSR count). The van der Waals surface area contributed by atoms with E-state index >= 15 is 0 Å². The van der Waals surface area contributed by atoms with E-state index in [9.17, 15) is 5.11 Å². The van der Waals surface area contributed by atoms with E-state index in [0.29, 0.717) is 25.7 Å². The summed E-state index contributed by atoms with van der Waals surface area (Å²) in [6, 6.07) is 0.322. The Morgan fingerprint density at radius 2 is 2.13 bits per heavy atom. The first kappa shape index (κ1) is 14.8. The second kappa shape index (κ2) is 10.4. The van der Waals surface area contributed by atoms with Gasteiger partial charge in [-0.15, -0.1) is 0 Å². The first-order valence-electron chi connectivity index (χ1n) is 5.93. The predicted octanol–water partition coefficient (Wildman–Crippen LogP) is 0.491. The fourth-order valence-electron chi connectivity index (χ4n) is 1.18. The molecule has 0 bridgehead atoms. The van der Waals surface area contributed by atoms with Crippen molar-refractivity contribution in [3.05, 3.63) is 0 Å². The Morgan fingerprint density at radius 1 is 1.40 bits per heavy atom. The zero-order valence-corrected chi connectivity index (χ0v) is 10.0. The van der Waals surface area contributed by atoms with E-state index in [1.807, 2.05) is 0 Å². The second-order valence-corrected chi connectivity index (χ2v) is 3.83. The van der Waals surface area contributed by atoms with Gasteiger partial charge in [-0.2, -0.15) is 0 Å². The van der Waals surface area contributed by atoms with Gasteiger partial charge >= 0.3 is 0 Å². The van der Waals surface area contributed by atoms with E-state index in [1.54, 1.807) is 0 Å². The third kappa shape index (κ3) is 8.81. The number of hydrogen-bond acceptors (Lipinski definition) is 4. The van der Waals surface area contributed by atoms with Crippen molar-refractivity contribution < 1.29 is 9.84 Å². The van der Waals surface area contributed by atoms with Crippen molar-refractivity contribution in [3.63, 3.8) is 0 Å². The molecule has 0 aromatic rings. The van der Waals surface area contributed by atoms with Crippen LogP contribution in [-0.4, -0.2) is 43.6 Å². The van der Waals surface area contributed by atoms with Gasteiger partial charge in [-0.05, 0) is 12.8 Å². The van der Waals surface area contributed by atoms with Crippen LogP contribution in [0.4, 0.5) is 0 Å². The summed E-state index contributed by atoms with van der Waals surface area (Å²) in [5, 5.41) is 12.5. The van der Waals surface area contributed by atoms with Crippen LogP contribution in [0.15, 0.2) is 0 Å². The van der Waals surface area contributed by atoms with Gasteiger partial charge in [0, 0.05) is 25.7 Å². The summed E-state index contributed by atoms with van der Waals surface area (Å²) in [6.45, 7) is 6.65. The highest BCUT2D eigenvalue weighted by Crippen LogP contribution is 1.95. The average molecular weight is 218 g/mol. The molecule has 15 heavy (non-hydrogen) atoms. The lowest BCUT2D eigenvalue weighted by Crippen LogP contribution is -2.40. The van der Waals surface area contributed by atoms with Crippen LogP contribution in [0.5, 0.6) is 0 Å². The van der Waals surface area contributed by atoms with E-state index in [-0.39, 0.29) is 0 Å². The lowest BCUT2D eigenvalue weighted by Gasteiger charge is -2.18. The molecular weight excluding hydrogens is 192 g/mol. The monoisotopic (exact) mass is 218 g/mol. The number of ether oxygens (including phenoxy) is 1. The highest BCUT2D eigenvalue weighted by Gasteiger charge is 2.08. The molecule has 0 aliphatic heterocycles. The maximum atomic E-state index is 9.28. The van der Waals surface area contributed by atoms with Gasteiger partial charge < -0.3 is 20.9 Å². The predicted molar refractivity (Wildman–Crippen MR) is 62.9 cm³/mol. The van der Waals surface area contributed by atoms with Gasteiger partial charge in [-0.25, -0.2) is 0 Å². The van der Waals surface area contributed by atoms with E-state index in [4.69, 9.17) is 10.5 Å². The Morgan fingerprint density at radius 3 is 2.67 bits per heavy atom. The number of rotatable bonds is 10. The molecule has 4 heteroatoms. The molecule has 2 unspecified atom stereocenters. The summed E-state index contributed by atoms with van der Waals surface area (Å²) >= 11 is 0. The molecule has 0 spiro atoms. The third-order valence-corrected chi connectivity index (χ3v) is 2.37. The number of hydrogen-bond donors (Lipinski definition) is 3. The lowest BCUT2D eigenvalue weighted by molar-refractivity contribution is 0.0996. The quantitative estimate of drug-likeness (QED) is 0.467. The molecule has 4 nitrogen and oxygen atoms in total. The number of nitrogens with two attached hydrogens (primary N) is 1. The van der Waals surface area contributed by atoms with Crippen LogP contribution in [0, 0.1) is 0 Å². The van der Waals surface area contributed by atoms with Crippen molar-refractivity contribution in [2.24, 2.45) is 5.73 Å². The van der Waals surface area contributed by atoms with E-state index < -0.39 is 6.10 Å². The van der Waals surface area contributed by atoms with Crippen molar-refractivity contribution in [1.82, 2.24) is 5.32 Å². The Balaban J connectivity index is 3.46. The standard InChI is InChI=1S/C11H26N2O2/c1-3-5-6-15-9-10(4-2)13-8-11(14)7-12/h10-11,13-14H,3-9,12H2,1-2H3. The molecule has 0 radical (unpaired) electrons. The highest BCUT2D eigenvalue weighted by molar-refractivity contribution is 4.67. The van der Waals surface area contributed by atoms with Gasteiger partial charge in [0.15, 0.2) is 0 Å². The molecule has 0 aliphatic carbocycles. The molecule has 0 saturated heterocycles. The van der Waals surface area contributed by atoms with Crippen LogP contribution in [0.3, 0.4) is 0 Å². The van der Waals surface area contributed by atoms with Crippen molar-refractivity contribution >= 4 is 0 Å². The van der Waals surface area contributed by atoms with E-state index in [2.05, 4.69) is 19.2 Å². The highest BCUT2D eigenvalue weighted by atomic mass is 16.5. The molecule has 0 heterocycles. The Labute approximate surface area is 93.2 Å². The van der Waals surface area contributed by atoms with E-state index in [1.165, 1.54) is 0 Å². The smallest absolute Gasteiger partial charge is 0.0786 e. The average Bonchev–Trinajstić information content (AvgIpc) is 2.27. The summed E-state index contributed by atoms with van der Waals surface area (Å²) in [4.78, 5) is 0. The minimum Gasteiger partial charge on any atom is -0.390 e. The third-order valence-electron chi connectivity index (χ3n) is 2.37. The van der Waals surface area contributed by atoms with Gasteiger partial charge in [0.25, 0.3) is 0 Å². The van der Waals surface area contributed by atoms with Crippen LogP contribution in [0.25, 0.3) is 0 Å². The molecule has 2 atom stereocenters. The van der Waals surface area contributed by atoms with E-state index in [0.717, 1.165) is 25.9 Å². The lowest BCUT2D eigenvalue weighted by atomic mass is 10.2. The largest absolute Gasteiger partial charge is 0.390 e. The number of nitrogens with one attached hydrogen (secondary N) is 1. The summed E-state index contributed by atoms with van der Waals surface area (Å²) in [6.07, 6.45) is 2.83. The SMILES string of the molecule is CCCCOCC(CC)NCC(O)CN. The molecule has 0 saturated carbocycles. The summed E-state index contributed by atoms with van der Waals surface area (Å²) in [5.74, 6) is 0. The first-order chi connectivity index (χ1) is 7.24. The topological polar surface area (TPSA) is 67.5 Å². The maximum Gasteiger partial charge on any atom is 0.0786 e. The molecule has 0 aromatic carbocycles. The molecule has 0 aliphatic rings.